The Balaban J connectivity index is 2.38. The van der Waals surface area contributed by atoms with Gasteiger partial charge in [0, 0.05) is 16.6 Å². The third kappa shape index (κ3) is 2.98. The molecule has 0 fully saturated rings. The molecule has 0 spiro atoms. The Hall–Kier alpha value is -1.76. The molecule has 1 aromatic heterocycles. The largest absolute Gasteiger partial charge is 0.497 e. The van der Waals surface area contributed by atoms with Crippen LogP contribution in [0.2, 0.25) is 0 Å². The van der Waals surface area contributed by atoms with Gasteiger partial charge in [-0.15, -0.1) is 0 Å². The Morgan fingerprint density at radius 3 is 2.58 bits per heavy atom. The molecule has 7 heteroatoms. The van der Waals surface area contributed by atoms with Crippen LogP contribution in [-0.4, -0.2) is 12.1 Å². The highest BCUT2D eigenvalue weighted by atomic mass is 79.9. The molecule has 0 radical (unpaired) electrons. The normalized spacial score (nSPS) is 10.4. The van der Waals surface area contributed by atoms with Crippen molar-refractivity contribution in [1.29, 1.82) is 0 Å². The minimum absolute atomic E-state index is 0.409. The van der Waals surface area contributed by atoms with E-state index in [0.29, 0.717) is 22.0 Å². The molecule has 19 heavy (non-hydrogen) atoms. The number of halogens is 4. The van der Waals surface area contributed by atoms with E-state index in [2.05, 4.69) is 26.2 Å². The van der Waals surface area contributed by atoms with E-state index in [1.807, 2.05) is 0 Å². The van der Waals surface area contributed by atoms with E-state index in [-0.39, 0.29) is 0 Å². The quantitative estimate of drug-likeness (QED) is 0.862. The van der Waals surface area contributed by atoms with E-state index in [1.54, 1.807) is 18.2 Å². The molecule has 2 aromatic rings. The summed E-state index contributed by atoms with van der Waals surface area (Å²) in [7, 11) is 1.48. The maximum Gasteiger partial charge on any atom is 0.251 e. The first-order valence-electron chi connectivity index (χ1n) is 5.13. The molecule has 0 saturated heterocycles. The molecule has 1 aromatic carbocycles. The first-order valence-corrected chi connectivity index (χ1v) is 5.92. The molecule has 2 rings (SSSR count). The predicted molar refractivity (Wildman–Crippen MR) is 68.1 cm³/mol. The van der Waals surface area contributed by atoms with Crippen molar-refractivity contribution in [3.8, 4) is 5.75 Å². The van der Waals surface area contributed by atoms with E-state index in [4.69, 9.17) is 4.74 Å². The number of rotatable bonds is 3. The van der Waals surface area contributed by atoms with Crippen LogP contribution in [-0.2, 0) is 0 Å². The fraction of sp³-hybridized carbons (Fsp3) is 0.0833. The highest BCUT2D eigenvalue weighted by Crippen LogP contribution is 2.30. The Bertz CT molecular complexity index is 622. The molecule has 1 N–H and O–H groups in total. The van der Waals surface area contributed by atoms with Gasteiger partial charge in [-0.25, -0.2) is 8.78 Å². The van der Waals surface area contributed by atoms with Crippen LogP contribution >= 0.6 is 15.9 Å². The van der Waals surface area contributed by atoms with Crippen molar-refractivity contribution in [2.75, 3.05) is 12.4 Å². The highest BCUT2D eigenvalue weighted by Gasteiger charge is 2.13. The molecule has 1 heterocycles. The van der Waals surface area contributed by atoms with Crippen molar-refractivity contribution in [2.45, 2.75) is 0 Å². The average Bonchev–Trinajstić information content (AvgIpc) is 2.38. The van der Waals surface area contributed by atoms with Gasteiger partial charge in [-0.3, -0.25) is 0 Å². The topological polar surface area (TPSA) is 34.1 Å². The van der Waals surface area contributed by atoms with E-state index in [1.165, 1.54) is 7.11 Å². The maximum atomic E-state index is 13.5. The molecule has 0 aliphatic rings. The molecule has 100 valence electrons. The number of ether oxygens (including phenoxy) is 1. The van der Waals surface area contributed by atoms with Crippen LogP contribution in [0.15, 0.2) is 28.7 Å². The number of nitrogens with one attached hydrogen (secondary N) is 1. The van der Waals surface area contributed by atoms with Crippen LogP contribution in [0.1, 0.15) is 0 Å². The Labute approximate surface area is 115 Å². The van der Waals surface area contributed by atoms with E-state index < -0.39 is 23.4 Å². The summed E-state index contributed by atoms with van der Waals surface area (Å²) >= 11 is 3.24. The van der Waals surface area contributed by atoms with Gasteiger partial charge in [0.05, 0.1) is 12.8 Å². The SMILES string of the molecule is COc1ccc(Br)c(Nc2nc(F)c(F)cc2F)c1. The summed E-state index contributed by atoms with van der Waals surface area (Å²) in [6.45, 7) is 0. The molecule has 0 saturated carbocycles. The summed E-state index contributed by atoms with van der Waals surface area (Å²) in [5.74, 6) is -3.59. The Kier molecular flexibility index (Phi) is 3.94. The lowest BCUT2D eigenvalue weighted by Crippen LogP contribution is -2.02. The van der Waals surface area contributed by atoms with Crippen LogP contribution in [0.4, 0.5) is 24.7 Å². The average molecular weight is 333 g/mol. The molecular weight excluding hydrogens is 325 g/mol. The molecular formula is C12H8BrF3N2O. The smallest absolute Gasteiger partial charge is 0.251 e. The number of pyridine rings is 1. The molecule has 0 bridgehead atoms. The van der Waals surface area contributed by atoms with Gasteiger partial charge in [0.15, 0.2) is 17.5 Å². The number of hydrogen-bond acceptors (Lipinski definition) is 3. The molecule has 0 aliphatic heterocycles. The molecule has 0 atom stereocenters. The van der Waals surface area contributed by atoms with Crippen molar-refractivity contribution in [3.63, 3.8) is 0 Å². The number of aromatic nitrogens is 1. The van der Waals surface area contributed by atoms with Crippen LogP contribution in [0.25, 0.3) is 0 Å². The summed E-state index contributed by atoms with van der Waals surface area (Å²) in [4.78, 5) is 3.17. The fourth-order valence-electron chi connectivity index (χ4n) is 1.39. The third-order valence-corrected chi connectivity index (χ3v) is 3.00. The first-order chi connectivity index (χ1) is 9.01. The van der Waals surface area contributed by atoms with Gasteiger partial charge in [-0.1, -0.05) is 0 Å². The lowest BCUT2D eigenvalue weighted by atomic mass is 10.3. The van der Waals surface area contributed by atoms with Crippen LogP contribution in [0, 0.1) is 17.6 Å². The summed E-state index contributed by atoms with van der Waals surface area (Å²) in [5.41, 5.74) is 0.414. The monoisotopic (exact) mass is 332 g/mol. The lowest BCUT2D eigenvalue weighted by molar-refractivity contribution is 0.415. The van der Waals surface area contributed by atoms with E-state index in [9.17, 15) is 13.2 Å². The fourth-order valence-corrected chi connectivity index (χ4v) is 1.73. The number of hydrogen-bond donors (Lipinski definition) is 1. The maximum absolute atomic E-state index is 13.5. The van der Waals surface area contributed by atoms with Crippen LogP contribution in [0.3, 0.4) is 0 Å². The van der Waals surface area contributed by atoms with E-state index in [0.717, 1.165) is 0 Å². The van der Waals surface area contributed by atoms with Gasteiger partial charge in [0.25, 0.3) is 5.95 Å². The zero-order chi connectivity index (χ0) is 14.0. The molecule has 0 unspecified atom stereocenters. The van der Waals surface area contributed by atoms with Crippen molar-refractivity contribution in [1.82, 2.24) is 4.98 Å². The predicted octanol–water partition coefficient (Wildman–Crippen LogP) is 4.01. The minimum Gasteiger partial charge on any atom is -0.497 e. The highest BCUT2D eigenvalue weighted by molar-refractivity contribution is 9.10. The Morgan fingerprint density at radius 1 is 1.16 bits per heavy atom. The van der Waals surface area contributed by atoms with Crippen molar-refractivity contribution in [3.05, 3.63) is 46.3 Å². The van der Waals surface area contributed by atoms with Crippen molar-refractivity contribution < 1.29 is 17.9 Å². The minimum atomic E-state index is -1.37. The summed E-state index contributed by atoms with van der Waals surface area (Å²) in [6, 6.07) is 5.34. The van der Waals surface area contributed by atoms with Gasteiger partial charge >= 0.3 is 0 Å². The second kappa shape index (κ2) is 5.48. The second-order valence-electron chi connectivity index (χ2n) is 3.56. The second-order valence-corrected chi connectivity index (χ2v) is 4.42. The zero-order valence-electron chi connectivity index (χ0n) is 9.68. The van der Waals surface area contributed by atoms with Gasteiger partial charge < -0.3 is 10.1 Å². The summed E-state index contributed by atoms with van der Waals surface area (Å²) < 4.78 is 44.8. The number of benzene rings is 1. The van der Waals surface area contributed by atoms with Crippen molar-refractivity contribution >= 4 is 27.4 Å². The van der Waals surface area contributed by atoms with Crippen LogP contribution in [0.5, 0.6) is 5.75 Å². The molecule has 0 amide bonds. The summed E-state index contributed by atoms with van der Waals surface area (Å²) in [6.07, 6.45) is 0. The van der Waals surface area contributed by atoms with Gasteiger partial charge in [-0.05, 0) is 28.1 Å². The first kappa shape index (κ1) is 13.7. The van der Waals surface area contributed by atoms with Gasteiger partial charge in [-0.2, -0.15) is 9.37 Å². The van der Waals surface area contributed by atoms with Crippen LogP contribution < -0.4 is 10.1 Å². The van der Waals surface area contributed by atoms with Crippen molar-refractivity contribution in [2.24, 2.45) is 0 Å². The van der Waals surface area contributed by atoms with Gasteiger partial charge in [0.1, 0.15) is 5.75 Å². The number of nitrogens with zero attached hydrogens (tertiary/aromatic N) is 1. The molecule has 0 aliphatic carbocycles. The van der Waals surface area contributed by atoms with Gasteiger partial charge in [0.2, 0.25) is 0 Å². The third-order valence-electron chi connectivity index (χ3n) is 2.31. The Morgan fingerprint density at radius 2 is 1.89 bits per heavy atom. The standard InChI is InChI=1S/C12H8BrF3N2O/c1-19-6-2-3-7(13)10(4-6)17-12-9(15)5-8(14)11(16)18-12/h2-5H,1H3,(H,17,18). The summed E-state index contributed by atoms with van der Waals surface area (Å²) in [5, 5.41) is 2.56. The number of methoxy groups -OCH3 is 1. The molecule has 3 nitrogen and oxygen atoms in total. The van der Waals surface area contributed by atoms with E-state index >= 15 is 0 Å². The number of anilines is 2. The lowest BCUT2D eigenvalue weighted by Gasteiger charge is -2.10. The zero-order valence-corrected chi connectivity index (χ0v) is 11.3.